The molecular formula is C16H31N3O2. The Morgan fingerprint density at radius 3 is 2.57 bits per heavy atom. The molecule has 0 aromatic carbocycles. The first-order valence-electron chi connectivity index (χ1n) is 8.28. The molecule has 2 N–H and O–H groups in total. The molecule has 5 nitrogen and oxygen atoms in total. The molecule has 21 heavy (non-hydrogen) atoms. The Bertz CT molecular complexity index is 353. The molecule has 0 aromatic rings. The van der Waals surface area contributed by atoms with Gasteiger partial charge in [0, 0.05) is 38.8 Å². The number of hydrogen-bond acceptors (Lipinski definition) is 5. The monoisotopic (exact) mass is 297 g/mol. The number of methoxy groups -OCH3 is 1. The lowest BCUT2D eigenvalue weighted by atomic mass is 9.79. The molecule has 1 aliphatic carbocycles. The van der Waals surface area contributed by atoms with E-state index < -0.39 is 5.54 Å². The van der Waals surface area contributed by atoms with E-state index in [2.05, 4.69) is 23.6 Å². The van der Waals surface area contributed by atoms with Gasteiger partial charge in [-0.3, -0.25) is 9.69 Å². The molecule has 2 fully saturated rings. The van der Waals surface area contributed by atoms with E-state index in [0.717, 1.165) is 57.8 Å². The molecule has 0 amide bonds. The summed E-state index contributed by atoms with van der Waals surface area (Å²) in [5, 5.41) is 0. The van der Waals surface area contributed by atoms with Crippen molar-refractivity contribution in [2.24, 2.45) is 11.7 Å². The van der Waals surface area contributed by atoms with Crippen LogP contribution in [0, 0.1) is 5.92 Å². The third-order valence-electron chi connectivity index (χ3n) is 4.90. The Kier molecular flexibility index (Phi) is 5.63. The summed E-state index contributed by atoms with van der Waals surface area (Å²) in [6.07, 6.45) is 3.66. The molecule has 0 aromatic heterocycles. The highest BCUT2D eigenvalue weighted by Gasteiger charge is 2.42. The standard InChI is InChI=1S/C16H31N3O2/c1-13(2)12-18-7-9-19(10-8-18)14-5-4-6-16(17,11-14)15(20)21-3/h13-14H,4-12,17H2,1-3H3. The van der Waals surface area contributed by atoms with Crippen molar-refractivity contribution in [1.82, 2.24) is 9.80 Å². The molecule has 1 saturated carbocycles. The SMILES string of the molecule is COC(=O)C1(N)CCCC(N2CCN(CC(C)C)CC2)C1. The van der Waals surface area contributed by atoms with Crippen molar-refractivity contribution in [2.45, 2.75) is 51.1 Å². The lowest BCUT2D eigenvalue weighted by Gasteiger charge is -2.44. The van der Waals surface area contributed by atoms with Gasteiger partial charge in [-0.1, -0.05) is 13.8 Å². The van der Waals surface area contributed by atoms with Gasteiger partial charge < -0.3 is 15.4 Å². The van der Waals surface area contributed by atoms with Gasteiger partial charge in [0.1, 0.15) is 5.54 Å². The Hall–Kier alpha value is -0.650. The van der Waals surface area contributed by atoms with E-state index >= 15 is 0 Å². The molecule has 0 radical (unpaired) electrons. The largest absolute Gasteiger partial charge is 0.468 e. The third kappa shape index (κ3) is 4.18. The first-order chi connectivity index (χ1) is 9.94. The van der Waals surface area contributed by atoms with Crippen molar-refractivity contribution < 1.29 is 9.53 Å². The molecule has 1 aliphatic heterocycles. The third-order valence-corrected chi connectivity index (χ3v) is 4.90. The summed E-state index contributed by atoms with van der Waals surface area (Å²) in [5.41, 5.74) is 5.52. The lowest BCUT2D eigenvalue weighted by Crippen LogP contribution is -2.58. The topological polar surface area (TPSA) is 58.8 Å². The van der Waals surface area contributed by atoms with Gasteiger partial charge in [0.2, 0.25) is 0 Å². The molecule has 5 heteroatoms. The number of nitrogens with zero attached hydrogens (tertiary/aromatic N) is 2. The van der Waals surface area contributed by atoms with Crippen LogP contribution in [0.1, 0.15) is 39.5 Å². The number of hydrogen-bond donors (Lipinski definition) is 1. The number of carbonyl (C=O) groups is 1. The molecular weight excluding hydrogens is 266 g/mol. The fourth-order valence-corrected chi connectivity index (χ4v) is 3.81. The number of rotatable bonds is 4. The summed E-state index contributed by atoms with van der Waals surface area (Å²) in [6, 6.07) is 0.434. The molecule has 122 valence electrons. The smallest absolute Gasteiger partial charge is 0.325 e. The minimum Gasteiger partial charge on any atom is -0.468 e. The quantitative estimate of drug-likeness (QED) is 0.787. The maximum Gasteiger partial charge on any atom is 0.325 e. The first-order valence-corrected chi connectivity index (χ1v) is 8.28. The van der Waals surface area contributed by atoms with Gasteiger partial charge in [-0.2, -0.15) is 0 Å². The van der Waals surface area contributed by atoms with Gasteiger partial charge in [0.05, 0.1) is 7.11 Å². The van der Waals surface area contributed by atoms with Crippen LogP contribution in [0.2, 0.25) is 0 Å². The Morgan fingerprint density at radius 1 is 1.33 bits per heavy atom. The summed E-state index contributed by atoms with van der Waals surface area (Å²) in [4.78, 5) is 17.0. The number of ether oxygens (including phenoxy) is 1. The van der Waals surface area contributed by atoms with E-state index in [0.29, 0.717) is 6.04 Å². The maximum atomic E-state index is 11.9. The maximum absolute atomic E-state index is 11.9. The lowest BCUT2D eigenvalue weighted by molar-refractivity contribution is -0.149. The summed E-state index contributed by atoms with van der Waals surface area (Å²) in [5.74, 6) is 0.480. The number of carbonyl (C=O) groups excluding carboxylic acids is 1. The average Bonchev–Trinajstić information content (AvgIpc) is 2.46. The van der Waals surface area contributed by atoms with Gasteiger partial charge in [0.15, 0.2) is 0 Å². The zero-order valence-electron chi connectivity index (χ0n) is 13.8. The zero-order chi connectivity index (χ0) is 15.5. The first kappa shape index (κ1) is 16.7. The summed E-state index contributed by atoms with van der Waals surface area (Å²) in [7, 11) is 1.44. The van der Waals surface area contributed by atoms with E-state index in [1.807, 2.05) is 0 Å². The van der Waals surface area contributed by atoms with Crippen LogP contribution in [-0.4, -0.2) is 67.2 Å². The Labute approximate surface area is 128 Å². The van der Waals surface area contributed by atoms with E-state index in [-0.39, 0.29) is 5.97 Å². The minimum atomic E-state index is -0.771. The Balaban J connectivity index is 1.87. The predicted molar refractivity (Wildman–Crippen MR) is 84.0 cm³/mol. The highest BCUT2D eigenvalue weighted by molar-refractivity contribution is 5.80. The molecule has 1 heterocycles. The number of esters is 1. The Morgan fingerprint density at radius 2 is 2.00 bits per heavy atom. The van der Waals surface area contributed by atoms with E-state index in [4.69, 9.17) is 10.5 Å². The van der Waals surface area contributed by atoms with E-state index in [1.165, 1.54) is 13.7 Å². The van der Waals surface area contributed by atoms with Crippen LogP contribution in [0.5, 0.6) is 0 Å². The minimum absolute atomic E-state index is 0.245. The molecule has 2 atom stereocenters. The van der Waals surface area contributed by atoms with Crippen LogP contribution in [0.25, 0.3) is 0 Å². The van der Waals surface area contributed by atoms with Crippen molar-refractivity contribution in [3.8, 4) is 0 Å². The highest BCUT2D eigenvalue weighted by Crippen LogP contribution is 2.31. The van der Waals surface area contributed by atoms with Crippen LogP contribution >= 0.6 is 0 Å². The molecule has 0 bridgehead atoms. The second-order valence-electron chi connectivity index (χ2n) is 7.13. The van der Waals surface area contributed by atoms with Crippen LogP contribution in [0.3, 0.4) is 0 Å². The number of piperazine rings is 1. The molecule has 2 aliphatic rings. The second kappa shape index (κ2) is 7.07. The fraction of sp³-hybridized carbons (Fsp3) is 0.938. The normalized spacial score (nSPS) is 32.3. The van der Waals surface area contributed by atoms with Crippen LogP contribution in [-0.2, 0) is 9.53 Å². The van der Waals surface area contributed by atoms with Gasteiger partial charge in [-0.25, -0.2) is 0 Å². The average molecular weight is 297 g/mol. The van der Waals surface area contributed by atoms with Crippen LogP contribution in [0.4, 0.5) is 0 Å². The van der Waals surface area contributed by atoms with E-state index in [1.54, 1.807) is 0 Å². The van der Waals surface area contributed by atoms with Crippen molar-refractivity contribution in [2.75, 3.05) is 39.8 Å². The van der Waals surface area contributed by atoms with Crippen molar-refractivity contribution in [1.29, 1.82) is 0 Å². The van der Waals surface area contributed by atoms with Gasteiger partial charge in [0.25, 0.3) is 0 Å². The number of nitrogens with two attached hydrogens (primary N) is 1. The van der Waals surface area contributed by atoms with Crippen LogP contribution in [0.15, 0.2) is 0 Å². The van der Waals surface area contributed by atoms with Gasteiger partial charge in [-0.05, 0) is 31.6 Å². The van der Waals surface area contributed by atoms with Crippen LogP contribution < -0.4 is 5.73 Å². The zero-order valence-corrected chi connectivity index (χ0v) is 13.8. The fourth-order valence-electron chi connectivity index (χ4n) is 3.81. The summed E-state index contributed by atoms with van der Waals surface area (Å²) < 4.78 is 4.90. The van der Waals surface area contributed by atoms with Crippen molar-refractivity contribution in [3.05, 3.63) is 0 Å². The second-order valence-corrected chi connectivity index (χ2v) is 7.13. The molecule has 2 rings (SSSR count). The molecule has 0 spiro atoms. The van der Waals surface area contributed by atoms with Crippen molar-refractivity contribution >= 4 is 5.97 Å². The van der Waals surface area contributed by atoms with Crippen molar-refractivity contribution in [3.63, 3.8) is 0 Å². The van der Waals surface area contributed by atoms with E-state index in [9.17, 15) is 4.79 Å². The molecule has 1 saturated heterocycles. The summed E-state index contributed by atoms with van der Waals surface area (Å²) >= 11 is 0. The summed E-state index contributed by atoms with van der Waals surface area (Å²) in [6.45, 7) is 10.2. The highest BCUT2D eigenvalue weighted by atomic mass is 16.5. The molecule has 2 unspecified atom stereocenters. The van der Waals surface area contributed by atoms with Gasteiger partial charge >= 0.3 is 5.97 Å². The predicted octanol–water partition coefficient (Wildman–Crippen LogP) is 1.07. The van der Waals surface area contributed by atoms with Gasteiger partial charge in [-0.15, -0.1) is 0 Å².